The standard InChI is InChI=1S/C12H19N3O3S/c1-4-18-11(17)9-6-14-12(15-9)19-7-10(16)13-5-8(2)3/h6,8H,4-5,7H2,1-3H3,(H,13,16)(H,14,15). The van der Waals surface area contributed by atoms with Crippen LogP contribution in [0.2, 0.25) is 0 Å². The summed E-state index contributed by atoms with van der Waals surface area (Å²) in [6, 6.07) is 0. The Morgan fingerprint density at radius 3 is 2.89 bits per heavy atom. The van der Waals surface area contributed by atoms with Crippen molar-refractivity contribution in [2.75, 3.05) is 18.9 Å². The topological polar surface area (TPSA) is 84.1 Å². The Morgan fingerprint density at radius 1 is 1.53 bits per heavy atom. The highest BCUT2D eigenvalue weighted by Gasteiger charge is 2.11. The molecule has 0 saturated carbocycles. The van der Waals surface area contributed by atoms with Crippen LogP contribution >= 0.6 is 11.8 Å². The molecule has 1 rings (SSSR count). The van der Waals surface area contributed by atoms with E-state index in [2.05, 4.69) is 15.3 Å². The van der Waals surface area contributed by atoms with Crippen LogP contribution in [0.25, 0.3) is 0 Å². The summed E-state index contributed by atoms with van der Waals surface area (Å²) in [5.41, 5.74) is 0.298. The number of aromatic nitrogens is 2. The van der Waals surface area contributed by atoms with Gasteiger partial charge in [-0.3, -0.25) is 4.79 Å². The van der Waals surface area contributed by atoms with E-state index in [1.54, 1.807) is 6.92 Å². The number of imidazole rings is 1. The number of carbonyl (C=O) groups excluding carboxylic acids is 2. The van der Waals surface area contributed by atoms with Crippen LogP contribution in [0.5, 0.6) is 0 Å². The lowest BCUT2D eigenvalue weighted by Gasteiger charge is -2.06. The number of aromatic amines is 1. The van der Waals surface area contributed by atoms with Gasteiger partial charge in [0.2, 0.25) is 5.91 Å². The predicted molar refractivity (Wildman–Crippen MR) is 73.1 cm³/mol. The molecule has 6 nitrogen and oxygen atoms in total. The molecular formula is C12H19N3O3S. The summed E-state index contributed by atoms with van der Waals surface area (Å²) >= 11 is 1.25. The number of rotatable bonds is 7. The number of ether oxygens (including phenoxy) is 1. The maximum atomic E-state index is 11.5. The first-order chi connectivity index (χ1) is 9.02. The van der Waals surface area contributed by atoms with Crippen LogP contribution < -0.4 is 5.32 Å². The van der Waals surface area contributed by atoms with Crippen molar-refractivity contribution >= 4 is 23.6 Å². The van der Waals surface area contributed by atoms with Crippen LogP contribution in [0, 0.1) is 5.92 Å². The molecule has 0 aliphatic rings. The molecule has 1 aromatic rings. The SMILES string of the molecule is CCOC(=O)c1cnc(SCC(=O)NCC(C)C)[nH]1. The van der Waals surface area contributed by atoms with Crippen molar-refractivity contribution in [3.63, 3.8) is 0 Å². The zero-order valence-electron chi connectivity index (χ0n) is 11.4. The first-order valence-corrected chi connectivity index (χ1v) is 7.13. The van der Waals surface area contributed by atoms with E-state index in [9.17, 15) is 9.59 Å². The molecule has 0 aliphatic heterocycles. The Morgan fingerprint density at radius 2 is 2.26 bits per heavy atom. The second kappa shape index (κ2) is 7.83. The first kappa shape index (κ1) is 15.6. The molecule has 7 heteroatoms. The van der Waals surface area contributed by atoms with Crippen molar-refractivity contribution in [2.24, 2.45) is 5.92 Å². The zero-order chi connectivity index (χ0) is 14.3. The van der Waals surface area contributed by atoms with Gasteiger partial charge in [0.15, 0.2) is 5.16 Å². The van der Waals surface area contributed by atoms with Gasteiger partial charge < -0.3 is 15.0 Å². The van der Waals surface area contributed by atoms with Gasteiger partial charge in [-0.25, -0.2) is 9.78 Å². The fourth-order valence-corrected chi connectivity index (χ4v) is 1.87. The number of hydrogen-bond acceptors (Lipinski definition) is 5. The average Bonchev–Trinajstić information content (AvgIpc) is 2.83. The van der Waals surface area contributed by atoms with E-state index in [1.165, 1.54) is 18.0 Å². The van der Waals surface area contributed by atoms with Crippen LogP contribution in [-0.2, 0) is 9.53 Å². The number of nitrogens with one attached hydrogen (secondary N) is 2. The summed E-state index contributed by atoms with van der Waals surface area (Å²) in [6.45, 7) is 6.78. The molecule has 0 aliphatic carbocycles. The number of amides is 1. The Balaban J connectivity index is 2.37. The molecule has 1 heterocycles. The van der Waals surface area contributed by atoms with E-state index in [4.69, 9.17) is 4.74 Å². The fourth-order valence-electron chi connectivity index (χ4n) is 1.19. The molecule has 0 spiro atoms. The molecule has 0 radical (unpaired) electrons. The summed E-state index contributed by atoms with van der Waals surface area (Å²) in [7, 11) is 0. The van der Waals surface area contributed by atoms with Crippen molar-refractivity contribution in [1.29, 1.82) is 0 Å². The monoisotopic (exact) mass is 285 g/mol. The number of carbonyl (C=O) groups is 2. The van der Waals surface area contributed by atoms with E-state index < -0.39 is 5.97 Å². The van der Waals surface area contributed by atoms with E-state index in [-0.39, 0.29) is 11.7 Å². The first-order valence-electron chi connectivity index (χ1n) is 6.14. The van der Waals surface area contributed by atoms with Gasteiger partial charge in [0.1, 0.15) is 5.69 Å². The molecule has 0 saturated heterocycles. The molecule has 106 valence electrons. The van der Waals surface area contributed by atoms with Gasteiger partial charge in [0.25, 0.3) is 0 Å². The van der Waals surface area contributed by atoms with Crippen molar-refractivity contribution in [3.8, 4) is 0 Å². The fraction of sp³-hybridized carbons (Fsp3) is 0.583. The molecule has 0 fully saturated rings. The van der Waals surface area contributed by atoms with Crippen molar-refractivity contribution in [1.82, 2.24) is 15.3 Å². The normalized spacial score (nSPS) is 10.5. The van der Waals surface area contributed by atoms with Gasteiger partial charge in [-0.1, -0.05) is 25.6 Å². The van der Waals surface area contributed by atoms with Gasteiger partial charge in [-0.2, -0.15) is 0 Å². The molecule has 1 amide bonds. The molecule has 1 aromatic heterocycles. The highest BCUT2D eigenvalue weighted by molar-refractivity contribution is 7.99. The molecule has 0 atom stereocenters. The molecule has 0 aromatic carbocycles. The maximum Gasteiger partial charge on any atom is 0.356 e. The van der Waals surface area contributed by atoms with E-state index >= 15 is 0 Å². The Hall–Kier alpha value is -1.50. The van der Waals surface area contributed by atoms with Crippen molar-refractivity contribution < 1.29 is 14.3 Å². The van der Waals surface area contributed by atoms with Crippen LogP contribution in [-0.4, -0.2) is 40.7 Å². The molecular weight excluding hydrogens is 266 g/mol. The molecule has 2 N–H and O–H groups in total. The van der Waals surface area contributed by atoms with E-state index in [0.717, 1.165) is 0 Å². The third-order valence-electron chi connectivity index (χ3n) is 2.10. The lowest BCUT2D eigenvalue weighted by atomic mass is 10.2. The number of nitrogens with zero attached hydrogens (tertiary/aromatic N) is 1. The molecule has 0 unspecified atom stereocenters. The van der Waals surface area contributed by atoms with Crippen molar-refractivity contribution in [3.05, 3.63) is 11.9 Å². The number of H-pyrrole nitrogens is 1. The highest BCUT2D eigenvalue weighted by atomic mass is 32.2. The summed E-state index contributed by atoms with van der Waals surface area (Å²) < 4.78 is 4.83. The average molecular weight is 285 g/mol. The third-order valence-corrected chi connectivity index (χ3v) is 2.98. The Labute approximate surface area is 116 Å². The van der Waals surface area contributed by atoms with Crippen LogP contribution in [0.15, 0.2) is 11.4 Å². The quantitative estimate of drug-likeness (QED) is 0.585. The summed E-state index contributed by atoms with van der Waals surface area (Å²) in [4.78, 5) is 29.7. The minimum absolute atomic E-state index is 0.0483. The zero-order valence-corrected chi connectivity index (χ0v) is 12.2. The second-order valence-electron chi connectivity index (χ2n) is 4.31. The van der Waals surface area contributed by atoms with Gasteiger partial charge in [0, 0.05) is 6.54 Å². The van der Waals surface area contributed by atoms with E-state index in [0.29, 0.717) is 29.9 Å². The Kier molecular flexibility index (Phi) is 6.41. The summed E-state index contributed by atoms with van der Waals surface area (Å²) in [6.07, 6.45) is 1.41. The van der Waals surface area contributed by atoms with Crippen LogP contribution in [0.3, 0.4) is 0 Å². The molecule has 19 heavy (non-hydrogen) atoms. The maximum absolute atomic E-state index is 11.5. The number of hydrogen-bond donors (Lipinski definition) is 2. The minimum Gasteiger partial charge on any atom is -0.461 e. The van der Waals surface area contributed by atoms with Gasteiger partial charge >= 0.3 is 5.97 Å². The number of esters is 1. The van der Waals surface area contributed by atoms with Gasteiger partial charge in [-0.05, 0) is 12.8 Å². The molecule has 0 bridgehead atoms. The Bertz CT molecular complexity index is 432. The summed E-state index contributed by atoms with van der Waals surface area (Å²) in [5, 5.41) is 3.34. The van der Waals surface area contributed by atoms with Gasteiger partial charge in [-0.15, -0.1) is 0 Å². The third kappa shape index (κ3) is 5.78. The predicted octanol–water partition coefficient (Wildman–Crippen LogP) is 1.45. The lowest BCUT2D eigenvalue weighted by molar-refractivity contribution is -0.118. The lowest BCUT2D eigenvalue weighted by Crippen LogP contribution is -2.28. The minimum atomic E-state index is -0.439. The van der Waals surface area contributed by atoms with E-state index in [1.807, 2.05) is 13.8 Å². The van der Waals surface area contributed by atoms with Gasteiger partial charge in [0.05, 0.1) is 18.6 Å². The smallest absolute Gasteiger partial charge is 0.356 e. The second-order valence-corrected chi connectivity index (χ2v) is 5.27. The van der Waals surface area contributed by atoms with Crippen LogP contribution in [0.1, 0.15) is 31.3 Å². The summed E-state index contributed by atoms with van der Waals surface area (Å²) in [5.74, 6) is 0.203. The largest absolute Gasteiger partial charge is 0.461 e. The highest BCUT2D eigenvalue weighted by Crippen LogP contribution is 2.13. The number of thioether (sulfide) groups is 1. The van der Waals surface area contributed by atoms with Crippen LogP contribution in [0.4, 0.5) is 0 Å². The van der Waals surface area contributed by atoms with Crippen molar-refractivity contribution in [2.45, 2.75) is 25.9 Å².